The van der Waals surface area contributed by atoms with Crippen LogP contribution in [0.25, 0.3) is 0 Å². The summed E-state index contributed by atoms with van der Waals surface area (Å²) in [6.45, 7) is 7.45. The minimum atomic E-state index is 0.116. The van der Waals surface area contributed by atoms with Gasteiger partial charge in [0.2, 0.25) is 5.91 Å². The third-order valence-electron chi connectivity index (χ3n) is 3.51. The van der Waals surface area contributed by atoms with Gasteiger partial charge in [-0.2, -0.15) is 0 Å². The third kappa shape index (κ3) is 1.92. The Morgan fingerprint density at radius 3 is 2.43 bits per heavy atom. The molecule has 0 radical (unpaired) electrons. The number of hydrogen-bond acceptors (Lipinski definition) is 2. The van der Waals surface area contributed by atoms with Crippen molar-refractivity contribution in [1.29, 1.82) is 0 Å². The molecule has 3 heteroatoms. The van der Waals surface area contributed by atoms with E-state index in [1.807, 2.05) is 13.8 Å². The fourth-order valence-electron chi connectivity index (χ4n) is 2.48. The Labute approximate surface area is 85.8 Å². The predicted octanol–water partition coefficient (Wildman–Crippen LogP) is 0.853. The van der Waals surface area contributed by atoms with E-state index in [4.69, 9.17) is 0 Å². The molecule has 3 nitrogen and oxygen atoms in total. The number of rotatable bonds is 2. The normalized spacial score (nSPS) is 36.1. The summed E-state index contributed by atoms with van der Waals surface area (Å²) >= 11 is 0. The molecule has 0 saturated carbocycles. The highest BCUT2D eigenvalue weighted by molar-refractivity contribution is 5.78. The van der Waals surface area contributed by atoms with Crippen molar-refractivity contribution in [2.45, 2.75) is 32.7 Å². The molecule has 80 valence electrons. The van der Waals surface area contributed by atoms with Gasteiger partial charge in [-0.1, -0.05) is 13.8 Å². The molecule has 3 aliphatic heterocycles. The fourth-order valence-corrected chi connectivity index (χ4v) is 2.48. The van der Waals surface area contributed by atoms with Crippen LogP contribution in [0, 0.1) is 11.8 Å². The predicted molar refractivity (Wildman–Crippen MR) is 55.9 cm³/mol. The van der Waals surface area contributed by atoms with E-state index in [0.29, 0.717) is 6.04 Å². The number of carbonyl (C=O) groups is 1. The van der Waals surface area contributed by atoms with Crippen molar-refractivity contribution in [3.63, 3.8) is 0 Å². The lowest BCUT2D eigenvalue weighted by Gasteiger charge is -2.45. The molecule has 3 aliphatic rings. The molecule has 1 N–H and O–H groups in total. The first-order chi connectivity index (χ1) is 6.66. The Bertz CT molecular complexity index is 219. The van der Waals surface area contributed by atoms with E-state index in [2.05, 4.69) is 10.2 Å². The summed E-state index contributed by atoms with van der Waals surface area (Å²) in [5.41, 5.74) is 0. The molecule has 14 heavy (non-hydrogen) atoms. The van der Waals surface area contributed by atoms with Gasteiger partial charge in [-0.25, -0.2) is 0 Å². The van der Waals surface area contributed by atoms with Crippen molar-refractivity contribution in [3.8, 4) is 0 Å². The van der Waals surface area contributed by atoms with E-state index in [0.717, 1.165) is 12.5 Å². The van der Waals surface area contributed by atoms with Crippen LogP contribution >= 0.6 is 0 Å². The molecule has 0 aromatic carbocycles. The van der Waals surface area contributed by atoms with Gasteiger partial charge in [-0.05, 0) is 31.8 Å². The van der Waals surface area contributed by atoms with Crippen LogP contribution in [0.3, 0.4) is 0 Å². The number of carbonyl (C=O) groups excluding carboxylic acids is 1. The van der Waals surface area contributed by atoms with E-state index in [-0.39, 0.29) is 11.8 Å². The van der Waals surface area contributed by atoms with Crippen LogP contribution in [-0.2, 0) is 4.79 Å². The zero-order valence-corrected chi connectivity index (χ0v) is 9.12. The molecule has 3 heterocycles. The number of amides is 1. The third-order valence-corrected chi connectivity index (χ3v) is 3.51. The van der Waals surface area contributed by atoms with E-state index in [1.165, 1.54) is 25.9 Å². The first-order valence-electron chi connectivity index (χ1n) is 5.69. The first-order valence-corrected chi connectivity index (χ1v) is 5.69. The lowest BCUT2D eigenvalue weighted by atomic mass is 9.84. The molecule has 3 rings (SSSR count). The van der Waals surface area contributed by atoms with Crippen molar-refractivity contribution in [2.24, 2.45) is 11.8 Å². The summed E-state index contributed by atoms with van der Waals surface area (Å²) in [6.07, 6.45) is 2.53. The van der Waals surface area contributed by atoms with Gasteiger partial charge in [0.25, 0.3) is 0 Å². The molecule has 2 bridgehead atoms. The van der Waals surface area contributed by atoms with Crippen LogP contribution in [0.5, 0.6) is 0 Å². The number of fused-ring (bicyclic) bond motifs is 3. The molecule has 1 amide bonds. The standard InChI is InChI=1S/C11H20N2O/c1-8(2)11(14)12-10-7-13-5-3-9(10)4-6-13/h8-10H,3-7H2,1-2H3,(H,12,14)/t10-/m0/s1. The van der Waals surface area contributed by atoms with E-state index < -0.39 is 0 Å². The Morgan fingerprint density at radius 2 is 2.00 bits per heavy atom. The molecule has 3 fully saturated rings. The van der Waals surface area contributed by atoms with Crippen molar-refractivity contribution in [1.82, 2.24) is 10.2 Å². The van der Waals surface area contributed by atoms with Crippen LogP contribution in [0.15, 0.2) is 0 Å². The van der Waals surface area contributed by atoms with Crippen LogP contribution in [0.1, 0.15) is 26.7 Å². The summed E-state index contributed by atoms with van der Waals surface area (Å²) in [4.78, 5) is 14.0. The molecule has 3 saturated heterocycles. The molecular weight excluding hydrogens is 176 g/mol. The van der Waals surface area contributed by atoms with Crippen LogP contribution in [0.2, 0.25) is 0 Å². The largest absolute Gasteiger partial charge is 0.352 e. The minimum Gasteiger partial charge on any atom is -0.352 e. The number of nitrogens with one attached hydrogen (secondary N) is 1. The van der Waals surface area contributed by atoms with Gasteiger partial charge in [0, 0.05) is 18.5 Å². The highest BCUT2D eigenvalue weighted by atomic mass is 16.1. The highest BCUT2D eigenvalue weighted by Gasteiger charge is 2.34. The zero-order valence-electron chi connectivity index (χ0n) is 9.12. The zero-order chi connectivity index (χ0) is 10.1. The van der Waals surface area contributed by atoms with Crippen LogP contribution in [-0.4, -0.2) is 36.5 Å². The van der Waals surface area contributed by atoms with Gasteiger partial charge in [-0.3, -0.25) is 4.79 Å². The van der Waals surface area contributed by atoms with Crippen molar-refractivity contribution < 1.29 is 4.79 Å². The Balaban J connectivity index is 1.90. The molecule has 1 atom stereocenters. The second kappa shape index (κ2) is 3.89. The fraction of sp³-hybridized carbons (Fsp3) is 0.909. The summed E-state index contributed by atoms with van der Waals surface area (Å²) in [5.74, 6) is 1.07. The van der Waals surface area contributed by atoms with Crippen LogP contribution in [0.4, 0.5) is 0 Å². The molecular formula is C11H20N2O. The smallest absolute Gasteiger partial charge is 0.222 e. The van der Waals surface area contributed by atoms with Crippen molar-refractivity contribution >= 4 is 5.91 Å². The lowest BCUT2D eigenvalue weighted by molar-refractivity contribution is -0.126. The van der Waals surface area contributed by atoms with Gasteiger partial charge in [0.05, 0.1) is 0 Å². The van der Waals surface area contributed by atoms with Crippen LogP contribution < -0.4 is 5.32 Å². The molecule has 0 unspecified atom stereocenters. The summed E-state index contributed by atoms with van der Waals surface area (Å²) < 4.78 is 0. The molecule has 0 aliphatic carbocycles. The number of nitrogens with zero attached hydrogens (tertiary/aromatic N) is 1. The average molecular weight is 196 g/mol. The SMILES string of the molecule is CC(C)C(=O)N[C@H]1CN2CCC1CC2. The van der Waals surface area contributed by atoms with E-state index in [1.54, 1.807) is 0 Å². The summed E-state index contributed by atoms with van der Waals surface area (Å²) in [6, 6.07) is 0.424. The Hall–Kier alpha value is -0.570. The van der Waals surface area contributed by atoms with Gasteiger partial charge >= 0.3 is 0 Å². The quantitative estimate of drug-likeness (QED) is 0.710. The Morgan fingerprint density at radius 1 is 1.36 bits per heavy atom. The second-order valence-corrected chi connectivity index (χ2v) is 4.91. The summed E-state index contributed by atoms with van der Waals surface area (Å²) in [5, 5.41) is 3.17. The molecule has 0 aromatic rings. The maximum Gasteiger partial charge on any atom is 0.222 e. The molecule has 0 aromatic heterocycles. The lowest BCUT2D eigenvalue weighted by Crippen LogP contribution is -2.57. The topological polar surface area (TPSA) is 32.3 Å². The minimum absolute atomic E-state index is 0.116. The Kier molecular flexibility index (Phi) is 2.77. The van der Waals surface area contributed by atoms with E-state index >= 15 is 0 Å². The first kappa shape index (κ1) is 9.97. The van der Waals surface area contributed by atoms with E-state index in [9.17, 15) is 4.79 Å². The monoisotopic (exact) mass is 196 g/mol. The number of hydrogen-bond donors (Lipinski definition) is 1. The average Bonchev–Trinajstić information content (AvgIpc) is 2.19. The second-order valence-electron chi connectivity index (χ2n) is 4.91. The van der Waals surface area contributed by atoms with Gasteiger partial charge in [0.15, 0.2) is 0 Å². The maximum absolute atomic E-state index is 11.6. The van der Waals surface area contributed by atoms with Crippen molar-refractivity contribution in [2.75, 3.05) is 19.6 Å². The summed E-state index contributed by atoms with van der Waals surface area (Å²) in [7, 11) is 0. The maximum atomic E-state index is 11.6. The van der Waals surface area contributed by atoms with Crippen molar-refractivity contribution in [3.05, 3.63) is 0 Å². The molecule has 0 spiro atoms. The number of piperidine rings is 3. The van der Waals surface area contributed by atoms with Gasteiger partial charge in [0.1, 0.15) is 0 Å². The highest BCUT2D eigenvalue weighted by Crippen LogP contribution is 2.27. The van der Waals surface area contributed by atoms with Gasteiger partial charge < -0.3 is 10.2 Å². The van der Waals surface area contributed by atoms with Gasteiger partial charge in [-0.15, -0.1) is 0 Å².